The maximum atomic E-state index is 5.94. The molecule has 2 N–H and O–H groups in total. The van der Waals surface area contributed by atoms with Gasteiger partial charge in [-0.1, -0.05) is 11.6 Å². The van der Waals surface area contributed by atoms with Crippen LogP contribution in [0.3, 0.4) is 0 Å². The molecule has 0 saturated carbocycles. The van der Waals surface area contributed by atoms with Gasteiger partial charge in [-0.05, 0) is 40.1 Å². The molecule has 90 valence electrons. The van der Waals surface area contributed by atoms with Gasteiger partial charge in [0.15, 0.2) is 5.82 Å². The maximum absolute atomic E-state index is 5.94. The van der Waals surface area contributed by atoms with Gasteiger partial charge >= 0.3 is 0 Å². The Bertz CT molecular complexity index is 677. The molecule has 0 radical (unpaired) electrons. The van der Waals surface area contributed by atoms with Crippen LogP contribution in [0.4, 0.5) is 5.69 Å². The van der Waals surface area contributed by atoms with Crippen LogP contribution in [0.1, 0.15) is 0 Å². The van der Waals surface area contributed by atoms with Gasteiger partial charge in [0.1, 0.15) is 0 Å². The highest BCUT2D eigenvalue weighted by Crippen LogP contribution is 2.28. The first-order valence-corrected chi connectivity index (χ1v) is 6.44. The number of aromatic nitrogens is 4. The van der Waals surface area contributed by atoms with Crippen molar-refractivity contribution in [2.45, 2.75) is 0 Å². The van der Waals surface area contributed by atoms with E-state index in [4.69, 9.17) is 17.3 Å². The van der Waals surface area contributed by atoms with E-state index in [2.05, 4.69) is 15.5 Å². The minimum absolute atomic E-state index is 0.550. The minimum atomic E-state index is 0.550. The van der Waals surface area contributed by atoms with Crippen molar-refractivity contribution in [3.8, 4) is 17.1 Å². The molecule has 3 rings (SSSR count). The number of anilines is 1. The molecule has 2 heterocycles. The van der Waals surface area contributed by atoms with Crippen LogP contribution >= 0.6 is 22.9 Å². The molecule has 1 aromatic carbocycles. The molecule has 0 amide bonds. The maximum Gasteiger partial charge on any atom is 0.189 e. The van der Waals surface area contributed by atoms with E-state index in [0.29, 0.717) is 16.5 Å². The summed E-state index contributed by atoms with van der Waals surface area (Å²) in [5, 5.41) is 16.2. The Morgan fingerprint density at radius 3 is 2.89 bits per heavy atom. The molecule has 0 fully saturated rings. The van der Waals surface area contributed by atoms with E-state index < -0.39 is 0 Å². The lowest BCUT2D eigenvalue weighted by Crippen LogP contribution is -2.00. The molecule has 0 bridgehead atoms. The molecule has 5 nitrogen and oxygen atoms in total. The first-order chi connectivity index (χ1) is 8.75. The predicted octanol–water partition coefficient (Wildman–Crippen LogP) is 2.63. The van der Waals surface area contributed by atoms with Crippen molar-refractivity contribution in [1.29, 1.82) is 0 Å². The van der Waals surface area contributed by atoms with E-state index in [-0.39, 0.29) is 0 Å². The summed E-state index contributed by atoms with van der Waals surface area (Å²) in [4.78, 5) is 0. The van der Waals surface area contributed by atoms with Crippen molar-refractivity contribution in [2.75, 3.05) is 5.73 Å². The lowest BCUT2D eigenvalue weighted by atomic mass is 10.1. The van der Waals surface area contributed by atoms with Crippen LogP contribution in [0.2, 0.25) is 5.02 Å². The van der Waals surface area contributed by atoms with Gasteiger partial charge in [0.2, 0.25) is 0 Å². The summed E-state index contributed by atoms with van der Waals surface area (Å²) in [6.07, 6.45) is 0. The molecule has 0 aliphatic rings. The summed E-state index contributed by atoms with van der Waals surface area (Å²) in [6.45, 7) is 0. The molecular weight excluding hydrogens is 270 g/mol. The Labute approximate surface area is 112 Å². The smallest absolute Gasteiger partial charge is 0.189 e. The number of hydrogen-bond donors (Lipinski definition) is 1. The van der Waals surface area contributed by atoms with Crippen molar-refractivity contribution in [3.05, 3.63) is 40.0 Å². The summed E-state index contributed by atoms with van der Waals surface area (Å²) in [5.41, 5.74) is 8.17. The molecule has 0 aliphatic heterocycles. The van der Waals surface area contributed by atoms with Crippen molar-refractivity contribution >= 4 is 28.6 Å². The van der Waals surface area contributed by atoms with E-state index in [1.807, 2.05) is 22.9 Å². The van der Waals surface area contributed by atoms with Gasteiger partial charge in [0, 0.05) is 21.7 Å². The third-order valence-electron chi connectivity index (χ3n) is 2.47. The van der Waals surface area contributed by atoms with Gasteiger partial charge in [-0.25, -0.2) is 0 Å². The topological polar surface area (TPSA) is 69.6 Å². The number of nitrogens with two attached hydrogens (primary N) is 1. The largest absolute Gasteiger partial charge is 0.398 e. The number of halogens is 1. The van der Waals surface area contributed by atoms with E-state index >= 15 is 0 Å². The second kappa shape index (κ2) is 4.40. The standard InChI is InChI=1S/C11H8ClN5S/c12-7-1-2-9(10(13)5-7)11-14-15-16-17(11)8-3-4-18-6-8/h1-6H,13H2. The molecule has 0 aliphatic carbocycles. The van der Waals surface area contributed by atoms with Crippen LogP contribution in [-0.4, -0.2) is 20.2 Å². The predicted molar refractivity (Wildman–Crippen MR) is 71.9 cm³/mol. The fourth-order valence-corrected chi connectivity index (χ4v) is 2.44. The van der Waals surface area contributed by atoms with Crippen LogP contribution in [0.15, 0.2) is 35.0 Å². The van der Waals surface area contributed by atoms with E-state index in [0.717, 1.165) is 11.3 Å². The number of nitrogen functional groups attached to an aromatic ring is 1. The highest BCUT2D eigenvalue weighted by Gasteiger charge is 2.13. The normalized spacial score (nSPS) is 10.7. The van der Waals surface area contributed by atoms with Crippen molar-refractivity contribution in [1.82, 2.24) is 20.2 Å². The molecule has 7 heteroatoms. The highest BCUT2D eigenvalue weighted by molar-refractivity contribution is 7.08. The summed E-state index contributed by atoms with van der Waals surface area (Å²) in [5.74, 6) is 0.600. The number of tetrazole rings is 1. The molecule has 18 heavy (non-hydrogen) atoms. The van der Waals surface area contributed by atoms with Gasteiger partial charge < -0.3 is 5.73 Å². The number of benzene rings is 1. The zero-order valence-electron chi connectivity index (χ0n) is 9.12. The van der Waals surface area contributed by atoms with E-state index in [9.17, 15) is 0 Å². The quantitative estimate of drug-likeness (QED) is 0.731. The summed E-state index contributed by atoms with van der Waals surface area (Å²) < 4.78 is 1.65. The molecule has 0 unspecified atom stereocenters. The van der Waals surface area contributed by atoms with Gasteiger partial charge in [-0.2, -0.15) is 16.0 Å². The fourth-order valence-electron chi connectivity index (χ4n) is 1.64. The summed E-state index contributed by atoms with van der Waals surface area (Å²) in [6, 6.07) is 7.20. The first kappa shape index (κ1) is 11.2. The average molecular weight is 278 g/mol. The van der Waals surface area contributed by atoms with Crippen LogP contribution in [-0.2, 0) is 0 Å². The first-order valence-electron chi connectivity index (χ1n) is 5.12. The average Bonchev–Trinajstić information content (AvgIpc) is 2.98. The Balaban J connectivity index is 2.16. The van der Waals surface area contributed by atoms with Gasteiger partial charge in [0.05, 0.1) is 5.69 Å². The second-order valence-corrected chi connectivity index (χ2v) is 4.84. The third kappa shape index (κ3) is 1.85. The van der Waals surface area contributed by atoms with Gasteiger partial charge in [0.25, 0.3) is 0 Å². The fraction of sp³-hybridized carbons (Fsp3) is 0. The Kier molecular flexibility index (Phi) is 2.73. The number of thiophene rings is 1. The summed E-state index contributed by atoms with van der Waals surface area (Å²) in [7, 11) is 0. The number of hydrogen-bond acceptors (Lipinski definition) is 5. The van der Waals surface area contributed by atoms with Crippen LogP contribution in [0.5, 0.6) is 0 Å². The Morgan fingerprint density at radius 2 is 2.17 bits per heavy atom. The molecule has 0 saturated heterocycles. The van der Waals surface area contributed by atoms with E-state index in [1.165, 1.54) is 0 Å². The Morgan fingerprint density at radius 1 is 1.28 bits per heavy atom. The second-order valence-electron chi connectivity index (χ2n) is 3.63. The Hall–Kier alpha value is -1.92. The van der Waals surface area contributed by atoms with E-state index in [1.54, 1.807) is 28.2 Å². The molecule has 0 spiro atoms. The zero-order valence-corrected chi connectivity index (χ0v) is 10.7. The third-order valence-corrected chi connectivity index (χ3v) is 3.38. The van der Waals surface area contributed by atoms with Crippen molar-refractivity contribution < 1.29 is 0 Å². The van der Waals surface area contributed by atoms with Gasteiger partial charge in [-0.15, -0.1) is 5.10 Å². The van der Waals surface area contributed by atoms with Crippen molar-refractivity contribution in [2.24, 2.45) is 0 Å². The lowest BCUT2D eigenvalue weighted by molar-refractivity contribution is 0.793. The monoisotopic (exact) mass is 277 g/mol. The molecule has 3 aromatic rings. The number of rotatable bonds is 2. The van der Waals surface area contributed by atoms with Crippen LogP contribution in [0.25, 0.3) is 17.1 Å². The molecular formula is C11H8ClN5S. The molecule has 2 aromatic heterocycles. The van der Waals surface area contributed by atoms with Gasteiger partial charge in [-0.3, -0.25) is 0 Å². The highest BCUT2D eigenvalue weighted by atomic mass is 35.5. The molecule has 0 atom stereocenters. The summed E-state index contributed by atoms with van der Waals surface area (Å²) >= 11 is 7.46. The zero-order chi connectivity index (χ0) is 12.5. The van der Waals surface area contributed by atoms with Crippen molar-refractivity contribution in [3.63, 3.8) is 0 Å². The van der Waals surface area contributed by atoms with Crippen LogP contribution in [0, 0.1) is 0 Å². The van der Waals surface area contributed by atoms with Crippen LogP contribution < -0.4 is 5.73 Å². The lowest BCUT2D eigenvalue weighted by Gasteiger charge is -2.05. The minimum Gasteiger partial charge on any atom is -0.398 e. The SMILES string of the molecule is Nc1cc(Cl)ccc1-c1nnnn1-c1ccsc1. The number of nitrogens with zero attached hydrogens (tertiary/aromatic N) is 4.